The monoisotopic (exact) mass is 795 g/mol. The van der Waals surface area contributed by atoms with Crippen LogP contribution in [0.25, 0.3) is 0 Å². The number of rotatable bonds is 43. The van der Waals surface area contributed by atoms with Crippen molar-refractivity contribution in [1.82, 2.24) is 0 Å². The van der Waals surface area contributed by atoms with Gasteiger partial charge in [-0.15, -0.1) is 0 Å². The molecule has 0 rings (SSSR count). The average molecular weight is 795 g/mol. The van der Waals surface area contributed by atoms with E-state index in [1.54, 1.807) is 0 Å². The predicted molar refractivity (Wildman–Crippen MR) is 234 cm³/mol. The van der Waals surface area contributed by atoms with E-state index in [0.29, 0.717) is 19.3 Å². The van der Waals surface area contributed by atoms with Crippen molar-refractivity contribution in [2.45, 2.75) is 238 Å². The van der Waals surface area contributed by atoms with Crippen LogP contribution in [0.2, 0.25) is 0 Å². The molecule has 0 saturated carbocycles. The lowest BCUT2D eigenvalue weighted by Crippen LogP contribution is -2.50. The molecule has 1 N–H and O–H groups in total. The van der Waals surface area contributed by atoms with E-state index >= 15 is 0 Å². The van der Waals surface area contributed by atoms with Gasteiger partial charge in [0.1, 0.15) is 6.61 Å². The van der Waals surface area contributed by atoms with Gasteiger partial charge in [0, 0.05) is 19.3 Å². The molecular formula is C48H92NO7+. The van der Waals surface area contributed by atoms with Gasteiger partial charge >= 0.3 is 17.9 Å². The fraction of sp³-hybridized carbons (Fsp3) is 0.896. The number of nitrogens with zero attached hydrogens (tertiary/aromatic N) is 1. The Hall–Kier alpha value is -1.93. The topological polar surface area (TPSA) is 99.1 Å². The summed E-state index contributed by atoms with van der Waals surface area (Å²) in [4.78, 5) is 37.0. The number of esters is 2. The minimum Gasteiger partial charge on any atom is -0.477 e. The number of hydrogen-bond acceptors (Lipinski definition) is 6. The number of unbranched alkanes of at least 4 members (excludes halogenated alkanes) is 27. The summed E-state index contributed by atoms with van der Waals surface area (Å²) in [7, 11) is 5.54. The highest BCUT2D eigenvalue weighted by atomic mass is 16.6. The molecule has 0 amide bonds. The van der Waals surface area contributed by atoms with E-state index in [1.165, 1.54) is 154 Å². The summed E-state index contributed by atoms with van der Waals surface area (Å²) in [5, 5.41) is 9.63. The van der Waals surface area contributed by atoms with Crippen LogP contribution in [0.3, 0.4) is 0 Å². The second-order valence-corrected chi connectivity index (χ2v) is 17.4. The van der Waals surface area contributed by atoms with Crippen LogP contribution in [0.15, 0.2) is 12.2 Å². The third kappa shape index (κ3) is 37.6. The lowest BCUT2D eigenvalue weighted by Gasteiger charge is -2.31. The molecule has 0 aromatic carbocycles. The summed E-state index contributed by atoms with van der Waals surface area (Å²) in [6.45, 7) is 4.75. The zero-order chi connectivity index (χ0) is 41.4. The Morgan fingerprint density at radius 3 is 1.30 bits per heavy atom. The van der Waals surface area contributed by atoms with Gasteiger partial charge in [-0.3, -0.25) is 9.59 Å². The Bertz CT molecular complexity index is 931. The molecule has 8 heteroatoms. The third-order valence-corrected chi connectivity index (χ3v) is 10.9. The molecule has 0 spiro atoms. The largest absolute Gasteiger partial charge is 0.477 e. The first kappa shape index (κ1) is 54.1. The van der Waals surface area contributed by atoms with Gasteiger partial charge in [-0.25, -0.2) is 4.79 Å². The number of allylic oxidation sites excluding steroid dienone is 2. The second-order valence-electron chi connectivity index (χ2n) is 17.4. The van der Waals surface area contributed by atoms with Crippen molar-refractivity contribution in [1.29, 1.82) is 0 Å². The molecule has 0 aliphatic rings. The Labute approximate surface area is 346 Å². The van der Waals surface area contributed by atoms with Crippen molar-refractivity contribution < 1.29 is 38.2 Å². The quantitative estimate of drug-likeness (QED) is 0.0284. The van der Waals surface area contributed by atoms with Crippen molar-refractivity contribution in [2.24, 2.45) is 0 Å². The van der Waals surface area contributed by atoms with Crippen LogP contribution in [-0.4, -0.2) is 80.6 Å². The highest BCUT2D eigenvalue weighted by molar-refractivity contribution is 5.72. The van der Waals surface area contributed by atoms with E-state index in [2.05, 4.69) is 26.0 Å². The van der Waals surface area contributed by atoms with E-state index in [1.807, 2.05) is 21.1 Å². The number of hydrogen-bond donors (Lipinski definition) is 1. The molecule has 0 aromatic heterocycles. The Balaban J connectivity index is 4.27. The number of aliphatic carboxylic acids is 1. The van der Waals surface area contributed by atoms with Crippen LogP contribution in [-0.2, 0) is 28.6 Å². The van der Waals surface area contributed by atoms with Crippen molar-refractivity contribution >= 4 is 17.9 Å². The molecule has 2 unspecified atom stereocenters. The fourth-order valence-electron chi connectivity index (χ4n) is 7.21. The zero-order valence-electron chi connectivity index (χ0n) is 37.6. The minimum atomic E-state index is -0.872. The van der Waals surface area contributed by atoms with Crippen molar-refractivity contribution in [3.63, 3.8) is 0 Å². The average Bonchev–Trinajstić information content (AvgIpc) is 3.15. The van der Waals surface area contributed by atoms with E-state index in [-0.39, 0.29) is 36.2 Å². The van der Waals surface area contributed by atoms with Gasteiger partial charge in [0.15, 0.2) is 12.1 Å². The molecule has 0 aliphatic heterocycles. The molecule has 2 atom stereocenters. The molecule has 0 fully saturated rings. The van der Waals surface area contributed by atoms with Gasteiger partial charge in [0.25, 0.3) is 0 Å². The fourth-order valence-corrected chi connectivity index (χ4v) is 7.21. The molecule has 0 saturated heterocycles. The highest BCUT2D eigenvalue weighted by Crippen LogP contribution is 2.16. The third-order valence-electron chi connectivity index (χ3n) is 10.9. The summed E-state index contributed by atoms with van der Waals surface area (Å²) in [6.07, 6.45) is 42.5. The first-order chi connectivity index (χ1) is 27.1. The standard InChI is InChI=1S/C48H91NO7/c1-6-8-10-12-14-16-18-20-22-23-25-27-29-31-33-35-37-39-47(51)56-44(42-54-41-40-45(48(52)53)49(3,4)5)43-55-46(50)38-36-34-32-30-28-26-24-21-19-17-15-13-11-9-7-2/h17,19,44-45H,6-16,18,20-43H2,1-5H3/p+1/b19-17+. The summed E-state index contributed by atoms with van der Waals surface area (Å²) >= 11 is 0. The van der Waals surface area contributed by atoms with Crippen molar-refractivity contribution in [2.75, 3.05) is 41.0 Å². The molecule has 0 bridgehead atoms. The number of carbonyl (C=O) groups is 3. The molecular weight excluding hydrogens is 703 g/mol. The Kier molecular flexibility index (Phi) is 38.5. The van der Waals surface area contributed by atoms with Gasteiger partial charge in [-0.05, 0) is 38.5 Å². The normalized spacial score (nSPS) is 12.9. The van der Waals surface area contributed by atoms with Crippen LogP contribution in [0.5, 0.6) is 0 Å². The molecule has 0 radical (unpaired) electrons. The maximum Gasteiger partial charge on any atom is 0.362 e. The highest BCUT2D eigenvalue weighted by Gasteiger charge is 2.31. The van der Waals surface area contributed by atoms with E-state index in [4.69, 9.17) is 14.2 Å². The molecule has 0 heterocycles. The van der Waals surface area contributed by atoms with Gasteiger partial charge in [0.05, 0.1) is 34.4 Å². The first-order valence-electron chi connectivity index (χ1n) is 23.7. The van der Waals surface area contributed by atoms with Crippen LogP contribution < -0.4 is 0 Å². The maximum absolute atomic E-state index is 12.7. The Morgan fingerprint density at radius 2 is 0.893 bits per heavy atom. The molecule has 56 heavy (non-hydrogen) atoms. The van der Waals surface area contributed by atoms with Gasteiger partial charge in [-0.1, -0.05) is 180 Å². The van der Waals surface area contributed by atoms with Crippen LogP contribution in [0, 0.1) is 0 Å². The van der Waals surface area contributed by atoms with Gasteiger partial charge < -0.3 is 23.8 Å². The summed E-state index contributed by atoms with van der Waals surface area (Å²) in [6, 6.07) is -0.611. The van der Waals surface area contributed by atoms with E-state index in [0.717, 1.165) is 38.5 Å². The number of quaternary nitrogens is 1. The van der Waals surface area contributed by atoms with Crippen molar-refractivity contribution in [3.8, 4) is 0 Å². The summed E-state index contributed by atoms with van der Waals surface area (Å²) < 4.78 is 17.3. The predicted octanol–water partition coefficient (Wildman–Crippen LogP) is 13.1. The van der Waals surface area contributed by atoms with Crippen LogP contribution in [0.1, 0.15) is 226 Å². The minimum absolute atomic E-state index is 0.0471. The molecule has 330 valence electrons. The number of likely N-dealkylation sites (N-methyl/N-ethyl adjacent to an activating group) is 1. The first-order valence-corrected chi connectivity index (χ1v) is 23.7. The molecule has 0 aromatic rings. The zero-order valence-corrected chi connectivity index (χ0v) is 37.6. The Morgan fingerprint density at radius 1 is 0.518 bits per heavy atom. The smallest absolute Gasteiger partial charge is 0.362 e. The number of carboxylic acid groups (broad SMARTS) is 1. The second kappa shape index (κ2) is 39.9. The number of carbonyl (C=O) groups excluding carboxylic acids is 2. The lowest BCUT2D eigenvalue weighted by atomic mass is 10.0. The van der Waals surface area contributed by atoms with Gasteiger partial charge in [0.2, 0.25) is 0 Å². The summed E-state index contributed by atoms with van der Waals surface area (Å²) in [5.74, 6) is -1.45. The number of ether oxygens (including phenoxy) is 3. The van der Waals surface area contributed by atoms with Crippen LogP contribution in [0.4, 0.5) is 0 Å². The lowest BCUT2D eigenvalue weighted by molar-refractivity contribution is -0.887. The van der Waals surface area contributed by atoms with Crippen LogP contribution >= 0.6 is 0 Å². The number of carboxylic acids is 1. The summed E-state index contributed by atoms with van der Waals surface area (Å²) in [5.41, 5.74) is 0. The van der Waals surface area contributed by atoms with E-state index in [9.17, 15) is 19.5 Å². The van der Waals surface area contributed by atoms with Crippen molar-refractivity contribution in [3.05, 3.63) is 12.2 Å². The van der Waals surface area contributed by atoms with Gasteiger partial charge in [-0.2, -0.15) is 0 Å². The molecule has 0 aliphatic carbocycles. The molecule has 8 nitrogen and oxygen atoms in total. The SMILES string of the molecule is CCCCCC/C=C/CCCCCCCCCC(=O)OCC(COCCC(C(=O)O)[N+](C)(C)C)OC(=O)CCCCCCCCCCCCCCCCCCC. The maximum atomic E-state index is 12.7. The van der Waals surface area contributed by atoms with E-state index < -0.39 is 18.1 Å².